The predicted molar refractivity (Wildman–Crippen MR) is 141 cm³/mol. The summed E-state index contributed by atoms with van der Waals surface area (Å²) in [7, 11) is 0. The van der Waals surface area contributed by atoms with Gasteiger partial charge in [-0.3, -0.25) is 14.9 Å². The fraction of sp³-hybridized carbons (Fsp3) is 0.222. The highest BCUT2D eigenvalue weighted by molar-refractivity contribution is 7.80. The molecule has 0 fully saturated rings. The Morgan fingerprint density at radius 2 is 1.43 bits per heavy atom. The van der Waals surface area contributed by atoms with Gasteiger partial charge in [0, 0.05) is 29.9 Å². The number of carbonyl (C=O) groups excluding carboxylic acids is 2. The Labute approximate surface area is 211 Å². The van der Waals surface area contributed by atoms with Gasteiger partial charge in [-0.25, -0.2) is 0 Å². The third kappa shape index (κ3) is 7.82. The highest BCUT2D eigenvalue weighted by atomic mass is 32.1. The summed E-state index contributed by atoms with van der Waals surface area (Å²) in [5.41, 5.74) is 1.68. The van der Waals surface area contributed by atoms with Gasteiger partial charge in [0.25, 0.3) is 11.8 Å². The van der Waals surface area contributed by atoms with E-state index in [-0.39, 0.29) is 16.9 Å². The zero-order valence-electron chi connectivity index (χ0n) is 19.8. The molecule has 35 heavy (non-hydrogen) atoms. The van der Waals surface area contributed by atoms with Crippen molar-refractivity contribution < 1.29 is 19.1 Å². The smallest absolute Gasteiger partial charge is 0.257 e. The molecule has 0 atom stereocenters. The summed E-state index contributed by atoms with van der Waals surface area (Å²) in [6, 6.07) is 23.3. The molecule has 0 saturated heterocycles. The summed E-state index contributed by atoms with van der Waals surface area (Å²) in [4.78, 5) is 26.8. The van der Waals surface area contributed by atoms with Crippen LogP contribution in [0.4, 0.5) is 5.69 Å². The molecule has 0 spiro atoms. The van der Waals surface area contributed by atoms with E-state index in [1.165, 1.54) is 0 Å². The van der Waals surface area contributed by atoms with Crippen LogP contribution in [-0.2, 0) is 0 Å². The summed E-state index contributed by atoms with van der Waals surface area (Å²) in [5, 5.41) is 5.78. The van der Waals surface area contributed by atoms with Crippen LogP contribution in [0.5, 0.6) is 11.5 Å². The lowest BCUT2D eigenvalue weighted by Crippen LogP contribution is -2.34. The van der Waals surface area contributed by atoms with Crippen molar-refractivity contribution in [3.8, 4) is 11.5 Å². The lowest BCUT2D eigenvalue weighted by Gasteiger charge is -2.18. The van der Waals surface area contributed by atoms with Crippen molar-refractivity contribution in [3.05, 3.63) is 90.0 Å². The van der Waals surface area contributed by atoms with E-state index in [0.29, 0.717) is 48.9 Å². The molecule has 2 N–H and O–H groups in total. The number of thiocarbonyl (C=S) groups is 1. The largest absolute Gasteiger partial charge is 0.490 e. The average Bonchev–Trinajstić information content (AvgIpc) is 2.88. The highest BCUT2D eigenvalue weighted by Gasteiger charge is 2.13. The molecule has 0 aliphatic heterocycles. The van der Waals surface area contributed by atoms with Gasteiger partial charge in [0.05, 0.1) is 0 Å². The first-order chi connectivity index (χ1) is 17.0. The van der Waals surface area contributed by atoms with Gasteiger partial charge in [-0.15, -0.1) is 0 Å². The molecule has 0 bridgehead atoms. The molecule has 0 unspecified atom stereocenters. The summed E-state index contributed by atoms with van der Waals surface area (Å²) in [6.07, 6.45) is 0. The molecule has 7 nitrogen and oxygen atoms in total. The van der Waals surface area contributed by atoms with Gasteiger partial charge in [0.1, 0.15) is 24.7 Å². The van der Waals surface area contributed by atoms with E-state index in [1.54, 1.807) is 53.4 Å². The molecule has 3 aromatic carbocycles. The van der Waals surface area contributed by atoms with Gasteiger partial charge in [0.15, 0.2) is 5.11 Å². The number of nitrogens with zero attached hydrogens (tertiary/aromatic N) is 1. The SMILES string of the molecule is CCN(CC)C(=O)c1ccc(NC(=S)NC(=O)c2cccc(OCCOc3ccccc3)c2)cc1. The molecule has 0 heterocycles. The Kier molecular flexibility index (Phi) is 9.62. The third-order valence-electron chi connectivity index (χ3n) is 5.13. The van der Waals surface area contributed by atoms with Crippen molar-refractivity contribution in [2.24, 2.45) is 0 Å². The van der Waals surface area contributed by atoms with Crippen LogP contribution < -0.4 is 20.1 Å². The number of rotatable bonds is 10. The molecular weight excluding hydrogens is 462 g/mol. The fourth-order valence-electron chi connectivity index (χ4n) is 3.29. The Balaban J connectivity index is 1.48. The maximum atomic E-state index is 12.6. The predicted octanol–water partition coefficient (Wildman–Crippen LogP) is 4.75. The quantitative estimate of drug-likeness (QED) is 0.315. The monoisotopic (exact) mass is 491 g/mol. The summed E-state index contributed by atoms with van der Waals surface area (Å²) >= 11 is 5.27. The number of hydrogen-bond acceptors (Lipinski definition) is 5. The first-order valence-electron chi connectivity index (χ1n) is 11.4. The molecule has 182 valence electrons. The lowest BCUT2D eigenvalue weighted by molar-refractivity contribution is 0.0772. The molecule has 0 aliphatic carbocycles. The maximum Gasteiger partial charge on any atom is 0.257 e. The molecule has 0 radical (unpaired) electrons. The fourth-order valence-corrected chi connectivity index (χ4v) is 3.50. The minimum atomic E-state index is -0.359. The van der Waals surface area contributed by atoms with Crippen LogP contribution in [0.2, 0.25) is 0 Å². The van der Waals surface area contributed by atoms with Gasteiger partial charge in [-0.2, -0.15) is 0 Å². The Morgan fingerprint density at radius 1 is 0.800 bits per heavy atom. The van der Waals surface area contributed by atoms with Gasteiger partial charge >= 0.3 is 0 Å². The Hall–Kier alpha value is -3.91. The maximum absolute atomic E-state index is 12.6. The number of amides is 2. The van der Waals surface area contributed by atoms with Gasteiger partial charge in [0.2, 0.25) is 0 Å². The van der Waals surface area contributed by atoms with Crippen molar-refractivity contribution in [2.45, 2.75) is 13.8 Å². The molecule has 8 heteroatoms. The number of hydrogen-bond donors (Lipinski definition) is 2. The number of benzene rings is 3. The zero-order valence-corrected chi connectivity index (χ0v) is 20.6. The standard InChI is InChI=1S/C27H29N3O4S/c1-3-30(4-2)26(32)20-13-15-22(16-14-20)28-27(35)29-25(31)21-9-8-12-24(19-21)34-18-17-33-23-10-6-5-7-11-23/h5-16,19H,3-4,17-18H2,1-2H3,(H2,28,29,31,35). The van der Waals surface area contributed by atoms with Crippen LogP contribution in [-0.4, -0.2) is 48.1 Å². The van der Waals surface area contributed by atoms with E-state index < -0.39 is 0 Å². The first kappa shape index (κ1) is 25.7. The third-order valence-corrected chi connectivity index (χ3v) is 5.33. The molecule has 0 aliphatic rings. The van der Waals surface area contributed by atoms with E-state index in [2.05, 4.69) is 10.6 Å². The van der Waals surface area contributed by atoms with Gasteiger partial charge < -0.3 is 19.7 Å². The van der Waals surface area contributed by atoms with E-state index in [4.69, 9.17) is 21.7 Å². The number of ether oxygens (including phenoxy) is 2. The number of carbonyl (C=O) groups is 2. The number of nitrogens with one attached hydrogen (secondary N) is 2. The summed E-state index contributed by atoms with van der Waals surface area (Å²) < 4.78 is 11.3. The molecule has 0 aromatic heterocycles. The van der Waals surface area contributed by atoms with Crippen LogP contribution in [0.15, 0.2) is 78.9 Å². The molecule has 3 aromatic rings. The summed E-state index contributed by atoms with van der Waals surface area (Å²) in [6.45, 7) is 5.92. The average molecular weight is 492 g/mol. The molecule has 0 saturated carbocycles. The first-order valence-corrected chi connectivity index (χ1v) is 11.8. The summed E-state index contributed by atoms with van der Waals surface area (Å²) in [5.74, 6) is 0.949. The van der Waals surface area contributed by atoms with E-state index >= 15 is 0 Å². The lowest BCUT2D eigenvalue weighted by atomic mass is 10.2. The minimum Gasteiger partial charge on any atom is -0.490 e. The van der Waals surface area contributed by atoms with Crippen LogP contribution >= 0.6 is 12.2 Å². The van der Waals surface area contributed by atoms with Crippen LogP contribution in [0, 0.1) is 0 Å². The van der Waals surface area contributed by atoms with E-state index in [9.17, 15) is 9.59 Å². The van der Waals surface area contributed by atoms with Crippen molar-refractivity contribution in [2.75, 3.05) is 31.6 Å². The van der Waals surface area contributed by atoms with Crippen molar-refractivity contribution in [1.29, 1.82) is 0 Å². The Bertz CT molecular complexity index is 1130. The minimum absolute atomic E-state index is 0.0221. The van der Waals surface area contributed by atoms with Crippen LogP contribution in [0.3, 0.4) is 0 Å². The molecular formula is C27H29N3O4S. The molecule has 2 amide bonds. The van der Waals surface area contributed by atoms with E-state index in [0.717, 1.165) is 5.75 Å². The zero-order chi connectivity index (χ0) is 25.0. The normalized spacial score (nSPS) is 10.2. The van der Waals surface area contributed by atoms with E-state index in [1.807, 2.05) is 44.2 Å². The second-order valence-electron chi connectivity index (χ2n) is 7.50. The topological polar surface area (TPSA) is 79.9 Å². The Morgan fingerprint density at radius 3 is 2.09 bits per heavy atom. The second-order valence-corrected chi connectivity index (χ2v) is 7.91. The second kappa shape index (κ2) is 13.1. The van der Waals surface area contributed by atoms with Gasteiger partial charge in [-0.1, -0.05) is 24.3 Å². The van der Waals surface area contributed by atoms with Crippen LogP contribution in [0.25, 0.3) is 0 Å². The highest BCUT2D eigenvalue weighted by Crippen LogP contribution is 2.15. The van der Waals surface area contributed by atoms with Crippen molar-refractivity contribution in [1.82, 2.24) is 10.2 Å². The molecule has 3 rings (SSSR count). The number of anilines is 1. The number of para-hydroxylation sites is 1. The van der Waals surface area contributed by atoms with Crippen LogP contribution in [0.1, 0.15) is 34.6 Å². The van der Waals surface area contributed by atoms with Gasteiger partial charge in [-0.05, 0) is 80.7 Å². The van der Waals surface area contributed by atoms with Crippen molar-refractivity contribution in [3.63, 3.8) is 0 Å². The van der Waals surface area contributed by atoms with Crippen molar-refractivity contribution >= 4 is 34.8 Å².